The average molecular weight is 355 g/mol. The average Bonchev–Trinajstić information content (AvgIpc) is 3.10. The van der Waals surface area contributed by atoms with Crippen molar-refractivity contribution in [1.29, 1.82) is 0 Å². The van der Waals surface area contributed by atoms with E-state index >= 15 is 0 Å². The maximum Gasteiger partial charge on any atom is 0.134 e. The number of piperazine rings is 1. The van der Waals surface area contributed by atoms with Crippen molar-refractivity contribution in [3.63, 3.8) is 0 Å². The summed E-state index contributed by atoms with van der Waals surface area (Å²) < 4.78 is 0. The second kappa shape index (κ2) is 7.43. The van der Waals surface area contributed by atoms with Crippen LogP contribution in [0, 0.1) is 0 Å². The monoisotopic (exact) mass is 355 g/mol. The summed E-state index contributed by atoms with van der Waals surface area (Å²) in [7, 11) is 0. The predicted molar refractivity (Wildman–Crippen MR) is 102 cm³/mol. The normalized spacial score (nSPS) is 23.5. The molecule has 0 amide bonds. The minimum atomic E-state index is -0.342. The molecule has 2 saturated heterocycles. The zero-order valence-corrected chi connectivity index (χ0v) is 14.8. The van der Waals surface area contributed by atoms with Crippen molar-refractivity contribution in [1.82, 2.24) is 15.0 Å². The first kappa shape index (κ1) is 17.0. The van der Waals surface area contributed by atoms with Gasteiger partial charge in [-0.25, -0.2) is 9.97 Å². The van der Waals surface area contributed by atoms with Gasteiger partial charge in [-0.1, -0.05) is 0 Å². The van der Waals surface area contributed by atoms with E-state index in [0.29, 0.717) is 19.5 Å². The molecule has 4 rings (SSSR count). The number of pyridine rings is 1. The van der Waals surface area contributed by atoms with Crippen LogP contribution < -0.4 is 20.4 Å². The van der Waals surface area contributed by atoms with Crippen LogP contribution in [-0.4, -0.2) is 71.5 Å². The van der Waals surface area contributed by atoms with Gasteiger partial charge in [-0.2, -0.15) is 0 Å². The van der Waals surface area contributed by atoms with Gasteiger partial charge >= 0.3 is 0 Å². The molecule has 26 heavy (non-hydrogen) atoms. The highest BCUT2D eigenvalue weighted by molar-refractivity contribution is 5.53. The number of nitrogens with zero attached hydrogens (tertiary/aromatic N) is 6. The smallest absolute Gasteiger partial charge is 0.134 e. The molecule has 2 aromatic heterocycles. The molecular weight excluding hydrogens is 330 g/mol. The first-order valence-electron chi connectivity index (χ1n) is 9.11. The number of aromatic nitrogens is 3. The molecule has 138 valence electrons. The van der Waals surface area contributed by atoms with Gasteiger partial charge in [-0.15, -0.1) is 0 Å². The van der Waals surface area contributed by atoms with E-state index in [9.17, 15) is 5.11 Å². The lowest BCUT2D eigenvalue weighted by molar-refractivity contribution is 0.194. The number of hydrogen-bond acceptors (Lipinski definition) is 8. The van der Waals surface area contributed by atoms with Crippen molar-refractivity contribution in [2.24, 2.45) is 5.73 Å². The number of anilines is 3. The van der Waals surface area contributed by atoms with Gasteiger partial charge in [-0.05, 0) is 18.6 Å². The van der Waals surface area contributed by atoms with Gasteiger partial charge in [0.1, 0.15) is 18.0 Å². The van der Waals surface area contributed by atoms with Crippen LogP contribution in [0.15, 0.2) is 36.9 Å². The second-order valence-electron chi connectivity index (χ2n) is 6.85. The predicted octanol–water partition coefficient (Wildman–Crippen LogP) is 0.0965. The molecule has 0 spiro atoms. The Hall–Kier alpha value is -2.45. The molecule has 2 aliphatic heterocycles. The Kier molecular flexibility index (Phi) is 4.85. The van der Waals surface area contributed by atoms with E-state index in [2.05, 4.69) is 29.7 Å². The van der Waals surface area contributed by atoms with Gasteiger partial charge in [0.2, 0.25) is 0 Å². The zero-order valence-electron chi connectivity index (χ0n) is 14.8. The van der Waals surface area contributed by atoms with Crippen molar-refractivity contribution < 1.29 is 5.11 Å². The van der Waals surface area contributed by atoms with Crippen molar-refractivity contribution >= 4 is 17.3 Å². The molecular formula is C18H25N7O. The molecule has 3 N–H and O–H groups in total. The lowest BCUT2D eigenvalue weighted by atomic mass is 10.2. The number of nitrogens with two attached hydrogens (primary N) is 1. The summed E-state index contributed by atoms with van der Waals surface area (Å²) in [4.78, 5) is 19.7. The van der Waals surface area contributed by atoms with E-state index in [0.717, 1.165) is 37.8 Å². The number of aliphatic hydroxyl groups is 1. The number of aliphatic hydroxyl groups excluding tert-OH is 1. The summed E-state index contributed by atoms with van der Waals surface area (Å²) in [5.74, 6) is 1.78. The van der Waals surface area contributed by atoms with Crippen LogP contribution in [0.25, 0.3) is 0 Å². The van der Waals surface area contributed by atoms with Gasteiger partial charge in [0.25, 0.3) is 0 Å². The highest BCUT2D eigenvalue weighted by Crippen LogP contribution is 2.26. The third-order valence-electron chi connectivity index (χ3n) is 5.23. The molecule has 0 radical (unpaired) electrons. The van der Waals surface area contributed by atoms with Gasteiger partial charge < -0.3 is 25.5 Å². The summed E-state index contributed by atoms with van der Waals surface area (Å²) in [5.41, 5.74) is 7.07. The van der Waals surface area contributed by atoms with Crippen molar-refractivity contribution in [3.8, 4) is 0 Å². The molecule has 2 aliphatic rings. The van der Waals surface area contributed by atoms with Crippen LogP contribution in [0.4, 0.5) is 17.3 Å². The van der Waals surface area contributed by atoms with Gasteiger partial charge in [-0.3, -0.25) is 4.98 Å². The molecule has 0 unspecified atom stereocenters. The van der Waals surface area contributed by atoms with Gasteiger partial charge in [0, 0.05) is 69.5 Å². The van der Waals surface area contributed by atoms with E-state index in [-0.39, 0.29) is 12.1 Å². The zero-order chi connectivity index (χ0) is 17.9. The van der Waals surface area contributed by atoms with Gasteiger partial charge in [0.15, 0.2) is 0 Å². The third kappa shape index (κ3) is 3.42. The molecule has 2 aromatic rings. The maximum absolute atomic E-state index is 9.96. The van der Waals surface area contributed by atoms with E-state index in [1.165, 1.54) is 5.69 Å². The summed E-state index contributed by atoms with van der Waals surface area (Å²) in [5, 5.41) is 9.96. The third-order valence-corrected chi connectivity index (χ3v) is 5.23. The standard InChI is InChI=1S/C18H25N7O/c19-11-15-9-16(26)12-25(15)18-10-17(21-13-22-18)24-7-5-23(6-8-24)14-1-3-20-4-2-14/h1-4,10,13,15-16,26H,5-9,11-12,19H2/t15-,16-/m1/s1. The minimum absolute atomic E-state index is 0.135. The summed E-state index contributed by atoms with van der Waals surface area (Å²) in [6.45, 7) is 4.78. The molecule has 4 heterocycles. The van der Waals surface area contributed by atoms with E-state index in [1.54, 1.807) is 6.33 Å². The molecule has 0 aromatic carbocycles. The fourth-order valence-electron chi connectivity index (χ4n) is 3.81. The minimum Gasteiger partial charge on any atom is -0.391 e. The molecule has 2 atom stereocenters. The number of β-amino-alcohol motifs (C(OH)–C–C–N with tert-alkyl or cyclic N) is 1. The Morgan fingerprint density at radius 1 is 1.04 bits per heavy atom. The fourth-order valence-corrected chi connectivity index (χ4v) is 3.81. The largest absolute Gasteiger partial charge is 0.391 e. The van der Waals surface area contributed by atoms with Crippen molar-refractivity contribution in [3.05, 3.63) is 36.9 Å². The second-order valence-corrected chi connectivity index (χ2v) is 6.85. The van der Waals surface area contributed by atoms with E-state index < -0.39 is 0 Å². The Morgan fingerprint density at radius 2 is 1.73 bits per heavy atom. The molecule has 2 fully saturated rings. The van der Waals surface area contributed by atoms with Crippen LogP contribution in [0.3, 0.4) is 0 Å². The van der Waals surface area contributed by atoms with Crippen LogP contribution in [0.1, 0.15) is 6.42 Å². The van der Waals surface area contributed by atoms with Crippen LogP contribution in [0.2, 0.25) is 0 Å². The van der Waals surface area contributed by atoms with E-state index in [4.69, 9.17) is 5.73 Å². The van der Waals surface area contributed by atoms with Crippen molar-refractivity contribution in [2.75, 3.05) is 54.0 Å². The SMILES string of the molecule is NC[C@H]1C[C@@H](O)CN1c1cc(N2CCN(c3ccncc3)CC2)ncn1. The molecule has 0 aliphatic carbocycles. The first-order valence-corrected chi connectivity index (χ1v) is 9.11. The van der Waals surface area contributed by atoms with Crippen LogP contribution >= 0.6 is 0 Å². The quantitative estimate of drug-likeness (QED) is 0.797. The van der Waals surface area contributed by atoms with Crippen LogP contribution in [0.5, 0.6) is 0 Å². The first-order chi connectivity index (χ1) is 12.7. The Labute approximate surface area is 153 Å². The fraction of sp³-hybridized carbons (Fsp3) is 0.500. The van der Waals surface area contributed by atoms with E-state index in [1.807, 2.05) is 30.6 Å². The number of hydrogen-bond donors (Lipinski definition) is 2. The Balaban J connectivity index is 1.45. The Bertz CT molecular complexity index is 720. The summed E-state index contributed by atoms with van der Waals surface area (Å²) >= 11 is 0. The molecule has 0 saturated carbocycles. The topological polar surface area (TPSA) is 94.6 Å². The summed E-state index contributed by atoms with van der Waals surface area (Å²) in [6.07, 6.45) is 5.62. The highest BCUT2D eigenvalue weighted by Gasteiger charge is 2.31. The number of rotatable bonds is 4. The van der Waals surface area contributed by atoms with Gasteiger partial charge in [0.05, 0.1) is 6.10 Å². The lowest BCUT2D eigenvalue weighted by Crippen LogP contribution is -2.47. The van der Waals surface area contributed by atoms with Crippen LogP contribution in [-0.2, 0) is 0 Å². The Morgan fingerprint density at radius 3 is 2.46 bits per heavy atom. The molecule has 8 nitrogen and oxygen atoms in total. The van der Waals surface area contributed by atoms with Crippen molar-refractivity contribution in [2.45, 2.75) is 18.6 Å². The lowest BCUT2D eigenvalue weighted by Gasteiger charge is -2.37. The highest BCUT2D eigenvalue weighted by atomic mass is 16.3. The molecule has 8 heteroatoms. The molecule has 0 bridgehead atoms. The summed E-state index contributed by atoms with van der Waals surface area (Å²) in [6, 6.07) is 6.24. The maximum atomic E-state index is 9.96.